The molecule has 1 unspecified atom stereocenters. The summed E-state index contributed by atoms with van der Waals surface area (Å²) in [5.41, 5.74) is 1.25. The molecule has 0 aromatic heterocycles. The molecule has 1 aliphatic rings. The first kappa shape index (κ1) is 21.5. The number of hydrogen-bond acceptors (Lipinski definition) is 2. The Morgan fingerprint density at radius 1 is 1.14 bits per heavy atom. The summed E-state index contributed by atoms with van der Waals surface area (Å²) in [7, 11) is 0. The van der Waals surface area contributed by atoms with E-state index in [0.717, 1.165) is 35.7 Å². The van der Waals surface area contributed by atoms with Gasteiger partial charge in [-0.15, -0.1) is 0 Å². The number of nitrogens with one attached hydrogen (secondary N) is 1. The van der Waals surface area contributed by atoms with Gasteiger partial charge >= 0.3 is 0 Å². The lowest BCUT2D eigenvalue weighted by atomic mass is 10.1. The van der Waals surface area contributed by atoms with Crippen molar-refractivity contribution in [2.24, 2.45) is 0 Å². The van der Waals surface area contributed by atoms with E-state index in [0.29, 0.717) is 12.1 Å². The first-order valence-corrected chi connectivity index (χ1v) is 10.8. The average Bonchev–Trinajstić information content (AvgIpc) is 3.21. The molecule has 2 amide bonds. The van der Waals surface area contributed by atoms with E-state index < -0.39 is 11.9 Å². The van der Waals surface area contributed by atoms with Crippen LogP contribution in [0.2, 0.25) is 0 Å². The van der Waals surface area contributed by atoms with E-state index in [4.69, 9.17) is 0 Å². The lowest BCUT2D eigenvalue weighted by Gasteiger charge is -2.30. The number of halogens is 2. The minimum Gasteiger partial charge on any atom is -0.352 e. The highest BCUT2D eigenvalue weighted by Gasteiger charge is 2.28. The third kappa shape index (κ3) is 5.89. The maximum absolute atomic E-state index is 14.1. The summed E-state index contributed by atoms with van der Waals surface area (Å²) >= 11 is 3.41. The first-order chi connectivity index (χ1) is 13.9. The molecule has 4 nitrogen and oxygen atoms in total. The van der Waals surface area contributed by atoms with Gasteiger partial charge in [0.1, 0.15) is 11.9 Å². The summed E-state index contributed by atoms with van der Waals surface area (Å²) in [5, 5.41) is 3.07. The maximum atomic E-state index is 14.1. The molecule has 1 N–H and O–H groups in total. The summed E-state index contributed by atoms with van der Waals surface area (Å²) < 4.78 is 15.0. The Kier molecular flexibility index (Phi) is 7.42. The van der Waals surface area contributed by atoms with Crippen LogP contribution in [-0.4, -0.2) is 28.8 Å². The second kappa shape index (κ2) is 10.0. The number of amides is 2. The van der Waals surface area contributed by atoms with E-state index in [2.05, 4.69) is 21.2 Å². The maximum Gasteiger partial charge on any atom is 0.242 e. The molecule has 2 aromatic carbocycles. The van der Waals surface area contributed by atoms with Crippen LogP contribution in [0.5, 0.6) is 0 Å². The topological polar surface area (TPSA) is 49.4 Å². The van der Waals surface area contributed by atoms with Gasteiger partial charge in [0, 0.05) is 17.1 Å². The van der Waals surface area contributed by atoms with Gasteiger partial charge in [0.2, 0.25) is 11.8 Å². The predicted molar refractivity (Wildman–Crippen MR) is 115 cm³/mol. The Balaban J connectivity index is 1.77. The van der Waals surface area contributed by atoms with Crippen LogP contribution in [0.25, 0.3) is 0 Å². The number of carbonyl (C=O) groups excluding carboxylic acids is 2. The highest BCUT2D eigenvalue weighted by atomic mass is 79.9. The Morgan fingerprint density at radius 3 is 2.45 bits per heavy atom. The van der Waals surface area contributed by atoms with E-state index >= 15 is 0 Å². The smallest absolute Gasteiger partial charge is 0.242 e. The molecule has 1 saturated carbocycles. The van der Waals surface area contributed by atoms with Gasteiger partial charge in [-0.3, -0.25) is 9.59 Å². The molecule has 2 aromatic rings. The van der Waals surface area contributed by atoms with E-state index in [-0.39, 0.29) is 24.3 Å². The first-order valence-electron chi connectivity index (χ1n) is 10.0. The van der Waals surface area contributed by atoms with Crippen molar-refractivity contribution in [2.75, 3.05) is 0 Å². The molecule has 0 bridgehead atoms. The van der Waals surface area contributed by atoms with Crippen molar-refractivity contribution in [3.05, 3.63) is 69.9 Å². The largest absolute Gasteiger partial charge is 0.352 e. The van der Waals surface area contributed by atoms with Crippen molar-refractivity contribution >= 4 is 27.7 Å². The van der Waals surface area contributed by atoms with Crippen LogP contribution in [0.15, 0.2) is 53.0 Å². The van der Waals surface area contributed by atoms with Gasteiger partial charge in [-0.05, 0) is 49.1 Å². The van der Waals surface area contributed by atoms with Crippen LogP contribution in [0.4, 0.5) is 4.39 Å². The molecule has 29 heavy (non-hydrogen) atoms. The minimum absolute atomic E-state index is 0.0791. The fraction of sp³-hybridized carbons (Fsp3) is 0.391. The summed E-state index contributed by atoms with van der Waals surface area (Å²) in [6.07, 6.45) is 4.12. The normalized spacial score (nSPS) is 15.1. The fourth-order valence-corrected chi connectivity index (χ4v) is 3.93. The van der Waals surface area contributed by atoms with Crippen molar-refractivity contribution in [3.8, 4) is 0 Å². The molecule has 154 valence electrons. The third-order valence-electron chi connectivity index (χ3n) is 5.43. The second-order valence-electron chi connectivity index (χ2n) is 7.58. The van der Waals surface area contributed by atoms with Crippen molar-refractivity contribution in [1.82, 2.24) is 10.2 Å². The Hall–Kier alpha value is -2.21. The minimum atomic E-state index is -0.640. The molecular formula is C23H26BrFN2O2. The number of carbonyl (C=O) groups is 2. The SMILES string of the molecule is CC(C(=O)NC1CCCC1)N(Cc1ccc(Br)cc1)C(=O)Cc1ccccc1F. The number of nitrogens with zero attached hydrogens (tertiary/aromatic N) is 1. The van der Waals surface area contributed by atoms with Crippen LogP contribution in [0.1, 0.15) is 43.7 Å². The molecule has 1 atom stereocenters. The molecule has 6 heteroatoms. The van der Waals surface area contributed by atoms with Gasteiger partial charge in [0.15, 0.2) is 0 Å². The summed E-state index contributed by atoms with van der Waals surface area (Å²) in [6.45, 7) is 2.03. The van der Waals surface area contributed by atoms with Gasteiger partial charge in [-0.1, -0.05) is 59.1 Å². The van der Waals surface area contributed by atoms with Gasteiger partial charge in [0.25, 0.3) is 0 Å². The van der Waals surface area contributed by atoms with E-state index in [1.165, 1.54) is 6.07 Å². The molecule has 3 rings (SSSR count). The average molecular weight is 461 g/mol. The zero-order valence-corrected chi connectivity index (χ0v) is 18.1. The van der Waals surface area contributed by atoms with Crippen LogP contribution < -0.4 is 5.32 Å². The third-order valence-corrected chi connectivity index (χ3v) is 5.96. The molecule has 1 fully saturated rings. The van der Waals surface area contributed by atoms with Crippen molar-refractivity contribution < 1.29 is 14.0 Å². The molecule has 1 aliphatic carbocycles. The molecule has 0 spiro atoms. The molecular weight excluding hydrogens is 435 g/mol. The summed E-state index contributed by atoms with van der Waals surface area (Å²) in [4.78, 5) is 27.5. The van der Waals surface area contributed by atoms with Crippen LogP contribution in [0.3, 0.4) is 0 Å². The zero-order chi connectivity index (χ0) is 20.8. The van der Waals surface area contributed by atoms with Gasteiger partial charge in [-0.2, -0.15) is 0 Å². The van der Waals surface area contributed by atoms with Crippen LogP contribution >= 0.6 is 15.9 Å². The number of hydrogen-bond donors (Lipinski definition) is 1. The quantitative estimate of drug-likeness (QED) is 0.655. The molecule has 0 saturated heterocycles. The monoisotopic (exact) mass is 460 g/mol. The van der Waals surface area contributed by atoms with Crippen LogP contribution in [-0.2, 0) is 22.6 Å². The van der Waals surface area contributed by atoms with E-state index in [1.54, 1.807) is 30.0 Å². The predicted octanol–water partition coefficient (Wildman–Crippen LogP) is 4.61. The van der Waals surface area contributed by atoms with Crippen LogP contribution in [0, 0.1) is 5.82 Å². The highest BCUT2D eigenvalue weighted by molar-refractivity contribution is 9.10. The van der Waals surface area contributed by atoms with E-state index in [9.17, 15) is 14.0 Å². The standard InChI is InChI=1S/C23H26BrFN2O2/c1-16(23(29)26-20-7-3-4-8-20)27(15-17-10-12-19(24)13-11-17)22(28)14-18-6-2-5-9-21(18)25/h2,5-6,9-13,16,20H,3-4,7-8,14-15H2,1H3,(H,26,29). The van der Waals surface area contributed by atoms with Crippen molar-refractivity contribution in [2.45, 2.75) is 57.7 Å². The Morgan fingerprint density at radius 2 is 1.79 bits per heavy atom. The van der Waals surface area contributed by atoms with Gasteiger partial charge in [0.05, 0.1) is 6.42 Å². The lowest BCUT2D eigenvalue weighted by Crippen LogP contribution is -2.50. The molecule has 0 radical (unpaired) electrons. The highest BCUT2D eigenvalue weighted by Crippen LogP contribution is 2.19. The molecule has 0 aliphatic heterocycles. The van der Waals surface area contributed by atoms with Gasteiger partial charge < -0.3 is 10.2 Å². The Bertz CT molecular complexity index is 850. The summed E-state index contributed by atoms with van der Waals surface area (Å²) in [5.74, 6) is -0.838. The Labute approximate surface area is 179 Å². The molecule has 0 heterocycles. The number of benzene rings is 2. The summed E-state index contributed by atoms with van der Waals surface area (Å²) in [6, 6.07) is 13.4. The fourth-order valence-electron chi connectivity index (χ4n) is 3.67. The lowest BCUT2D eigenvalue weighted by molar-refractivity contribution is -0.140. The zero-order valence-electron chi connectivity index (χ0n) is 16.5. The second-order valence-corrected chi connectivity index (χ2v) is 8.50. The number of rotatable bonds is 7. The van der Waals surface area contributed by atoms with E-state index in [1.807, 2.05) is 24.3 Å². The van der Waals surface area contributed by atoms with Crippen molar-refractivity contribution in [1.29, 1.82) is 0 Å². The van der Waals surface area contributed by atoms with Gasteiger partial charge in [-0.25, -0.2) is 4.39 Å². The van der Waals surface area contributed by atoms with Crippen molar-refractivity contribution in [3.63, 3.8) is 0 Å².